The molecule has 3 aliphatic carbocycles. The Morgan fingerprint density at radius 2 is 1.57 bits per heavy atom. The monoisotopic (exact) mass is 316 g/mol. The Kier molecular flexibility index (Phi) is 4.96. The first-order valence-electron chi connectivity index (χ1n) is 10.1. The van der Waals surface area contributed by atoms with E-state index in [0.717, 1.165) is 12.3 Å². The highest BCUT2D eigenvalue weighted by atomic mass is 15.6. The summed E-state index contributed by atoms with van der Waals surface area (Å²) in [5.74, 6) is 0.755. The van der Waals surface area contributed by atoms with Crippen molar-refractivity contribution in [2.75, 3.05) is 0 Å². The van der Waals surface area contributed by atoms with Crippen LogP contribution in [0.15, 0.2) is 15.3 Å². The van der Waals surface area contributed by atoms with Gasteiger partial charge in [-0.05, 0) is 50.9 Å². The minimum atomic E-state index is 0.416. The summed E-state index contributed by atoms with van der Waals surface area (Å²) < 4.78 is 0. The summed E-state index contributed by atoms with van der Waals surface area (Å²) in [6, 6.07) is 2.17. The number of aliphatic imine (C=N–C) groups is 1. The van der Waals surface area contributed by atoms with E-state index in [0.29, 0.717) is 24.2 Å². The third-order valence-corrected chi connectivity index (χ3v) is 6.50. The van der Waals surface area contributed by atoms with Gasteiger partial charge in [0.05, 0.1) is 18.1 Å². The van der Waals surface area contributed by atoms with Crippen LogP contribution in [-0.2, 0) is 0 Å². The quantitative estimate of drug-likeness (QED) is 0.680. The summed E-state index contributed by atoms with van der Waals surface area (Å²) in [5.41, 5.74) is 0. The molecule has 4 aliphatic rings. The van der Waals surface area contributed by atoms with Crippen molar-refractivity contribution in [3.8, 4) is 0 Å². The number of hydrogen-bond donors (Lipinski definition) is 0. The number of rotatable bonds is 3. The van der Waals surface area contributed by atoms with Crippen molar-refractivity contribution >= 4 is 6.21 Å². The molecule has 0 aromatic carbocycles. The minimum absolute atomic E-state index is 0.416. The normalized spacial score (nSPS) is 36.7. The fourth-order valence-corrected chi connectivity index (χ4v) is 5.09. The van der Waals surface area contributed by atoms with Gasteiger partial charge in [0.25, 0.3) is 0 Å². The Morgan fingerprint density at radius 3 is 2.35 bits per heavy atom. The van der Waals surface area contributed by atoms with Crippen molar-refractivity contribution in [1.82, 2.24) is 5.01 Å². The van der Waals surface area contributed by atoms with Crippen molar-refractivity contribution in [2.45, 2.75) is 108 Å². The van der Waals surface area contributed by atoms with Crippen molar-refractivity contribution in [3.63, 3.8) is 0 Å². The molecule has 1 heterocycles. The van der Waals surface area contributed by atoms with Gasteiger partial charge in [-0.3, -0.25) is 10.0 Å². The third-order valence-electron chi connectivity index (χ3n) is 6.50. The molecule has 3 fully saturated rings. The standard InChI is InChI=1S/C19H32N4/c1-3-7-15(8-4-1)14-20-16-11-12-19-18(13-16)21-22-23(19)17-9-5-2-6-10-17/h14-19H,1-13H2. The molecule has 0 radical (unpaired) electrons. The van der Waals surface area contributed by atoms with Crippen LogP contribution in [0.5, 0.6) is 0 Å². The largest absolute Gasteiger partial charge is 0.294 e. The molecule has 3 atom stereocenters. The molecular formula is C19H32N4. The molecule has 0 saturated heterocycles. The molecule has 0 aromatic rings. The Bertz CT molecular complexity index is 435. The van der Waals surface area contributed by atoms with E-state index >= 15 is 0 Å². The van der Waals surface area contributed by atoms with Gasteiger partial charge >= 0.3 is 0 Å². The molecule has 0 amide bonds. The lowest BCUT2D eigenvalue weighted by Crippen LogP contribution is -2.45. The maximum Gasteiger partial charge on any atom is 0.0970 e. The molecule has 4 heteroatoms. The zero-order valence-electron chi connectivity index (χ0n) is 14.4. The summed E-state index contributed by atoms with van der Waals surface area (Å²) >= 11 is 0. The van der Waals surface area contributed by atoms with E-state index in [1.807, 2.05) is 0 Å². The van der Waals surface area contributed by atoms with Crippen molar-refractivity contribution < 1.29 is 0 Å². The summed E-state index contributed by atoms with van der Waals surface area (Å²) in [7, 11) is 0. The lowest BCUT2D eigenvalue weighted by atomic mass is 9.85. The van der Waals surface area contributed by atoms with E-state index in [1.54, 1.807) is 0 Å². The van der Waals surface area contributed by atoms with Crippen LogP contribution in [0.3, 0.4) is 0 Å². The lowest BCUT2D eigenvalue weighted by Gasteiger charge is -2.37. The summed E-state index contributed by atoms with van der Waals surface area (Å²) in [5, 5.41) is 11.6. The van der Waals surface area contributed by atoms with Gasteiger partial charge in [-0.25, -0.2) is 0 Å². The second-order valence-corrected chi connectivity index (χ2v) is 8.17. The maximum atomic E-state index is 4.96. The van der Waals surface area contributed by atoms with Gasteiger partial charge in [-0.1, -0.05) is 43.7 Å². The van der Waals surface area contributed by atoms with Crippen molar-refractivity contribution in [3.05, 3.63) is 0 Å². The zero-order chi connectivity index (χ0) is 15.5. The topological polar surface area (TPSA) is 40.3 Å². The average molecular weight is 316 g/mol. The third kappa shape index (κ3) is 3.61. The molecule has 3 saturated carbocycles. The number of fused-ring (bicyclic) bond motifs is 1. The van der Waals surface area contributed by atoms with Crippen LogP contribution in [0.2, 0.25) is 0 Å². The maximum absolute atomic E-state index is 4.96. The molecule has 4 nitrogen and oxygen atoms in total. The molecule has 0 N–H and O–H groups in total. The molecule has 23 heavy (non-hydrogen) atoms. The first kappa shape index (κ1) is 15.6. The Balaban J connectivity index is 1.30. The van der Waals surface area contributed by atoms with Gasteiger partial charge in [0.1, 0.15) is 0 Å². The fourth-order valence-electron chi connectivity index (χ4n) is 5.09. The van der Waals surface area contributed by atoms with Gasteiger partial charge in [0, 0.05) is 12.3 Å². The Labute approximate surface area is 140 Å². The minimum Gasteiger partial charge on any atom is -0.294 e. The second-order valence-electron chi connectivity index (χ2n) is 8.17. The Morgan fingerprint density at radius 1 is 0.826 bits per heavy atom. The first-order valence-corrected chi connectivity index (χ1v) is 10.1. The molecule has 128 valence electrons. The fraction of sp³-hybridized carbons (Fsp3) is 0.947. The molecule has 3 unspecified atom stereocenters. The van der Waals surface area contributed by atoms with Crippen LogP contribution >= 0.6 is 0 Å². The SMILES string of the molecule is C(=NC1CCC2C(C1)N=NN2C1CCCCC1)C1CCCCC1. The van der Waals surface area contributed by atoms with Crippen molar-refractivity contribution in [1.29, 1.82) is 0 Å². The van der Waals surface area contributed by atoms with Crippen LogP contribution in [0.25, 0.3) is 0 Å². The van der Waals surface area contributed by atoms with Gasteiger partial charge in [-0.15, -0.1) is 0 Å². The van der Waals surface area contributed by atoms with Crippen LogP contribution < -0.4 is 0 Å². The van der Waals surface area contributed by atoms with E-state index in [9.17, 15) is 0 Å². The summed E-state index contributed by atoms with van der Waals surface area (Å²) in [6.07, 6.45) is 19.7. The molecule has 0 spiro atoms. The highest BCUT2D eigenvalue weighted by Gasteiger charge is 2.41. The molecule has 1 aliphatic heterocycles. The Hall–Kier alpha value is -0.930. The van der Waals surface area contributed by atoms with Crippen LogP contribution in [0, 0.1) is 5.92 Å². The molecule has 4 rings (SSSR count). The van der Waals surface area contributed by atoms with Crippen LogP contribution in [0.1, 0.15) is 83.5 Å². The van der Waals surface area contributed by atoms with Gasteiger partial charge < -0.3 is 0 Å². The molecule has 0 bridgehead atoms. The van der Waals surface area contributed by atoms with Gasteiger partial charge in [-0.2, -0.15) is 5.11 Å². The number of hydrogen-bond acceptors (Lipinski definition) is 4. The highest BCUT2D eigenvalue weighted by Crippen LogP contribution is 2.37. The highest BCUT2D eigenvalue weighted by molar-refractivity contribution is 5.61. The van der Waals surface area contributed by atoms with E-state index in [-0.39, 0.29) is 0 Å². The van der Waals surface area contributed by atoms with Crippen LogP contribution in [0.4, 0.5) is 0 Å². The molecule has 0 aromatic heterocycles. The van der Waals surface area contributed by atoms with E-state index in [4.69, 9.17) is 4.99 Å². The predicted octanol–water partition coefficient (Wildman–Crippen LogP) is 4.94. The van der Waals surface area contributed by atoms with E-state index in [2.05, 4.69) is 21.6 Å². The van der Waals surface area contributed by atoms with Crippen molar-refractivity contribution in [2.24, 2.45) is 21.2 Å². The number of nitrogens with zero attached hydrogens (tertiary/aromatic N) is 4. The lowest BCUT2D eigenvalue weighted by molar-refractivity contribution is 0.0989. The zero-order valence-corrected chi connectivity index (χ0v) is 14.4. The molecular weight excluding hydrogens is 284 g/mol. The summed E-state index contributed by atoms with van der Waals surface area (Å²) in [6.45, 7) is 0. The predicted molar refractivity (Wildman–Crippen MR) is 93.9 cm³/mol. The van der Waals surface area contributed by atoms with E-state index < -0.39 is 0 Å². The van der Waals surface area contributed by atoms with Gasteiger partial charge in [0.15, 0.2) is 0 Å². The van der Waals surface area contributed by atoms with E-state index in [1.165, 1.54) is 77.0 Å². The second kappa shape index (κ2) is 7.31. The average Bonchev–Trinajstić information content (AvgIpc) is 3.05. The van der Waals surface area contributed by atoms with Gasteiger partial charge in [0.2, 0.25) is 0 Å². The van der Waals surface area contributed by atoms with Crippen LogP contribution in [-0.4, -0.2) is 35.4 Å². The first-order chi connectivity index (χ1) is 11.4. The summed E-state index contributed by atoms with van der Waals surface area (Å²) in [4.78, 5) is 4.96. The smallest absolute Gasteiger partial charge is 0.0970 e.